The molecule has 0 atom stereocenters. The SMILES string of the molecule is F[Si](F)(F)C1=CCC=C1. The Balaban J connectivity index is 2.73. The predicted molar refractivity (Wildman–Crippen MR) is 30.9 cm³/mol. The molecule has 0 saturated heterocycles. The normalized spacial score (nSPS) is 18.3. The van der Waals surface area contributed by atoms with Gasteiger partial charge in [-0.1, -0.05) is 18.2 Å². The fraction of sp³-hybridized carbons (Fsp3) is 0.200. The number of rotatable bonds is 1. The van der Waals surface area contributed by atoms with Crippen molar-refractivity contribution in [2.24, 2.45) is 0 Å². The maximum Gasteiger partial charge on any atom is 0.652 e. The highest BCUT2D eigenvalue weighted by atomic mass is 28.5. The van der Waals surface area contributed by atoms with E-state index in [0.717, 1.165) is 6.08 Å². The first kappa shape index (κ1) is 6.60. The van der Waals surface area contributed by atoms with Crippen molar-refractivity contribution < 1.29 is 12.3 Å². The molecule has 0 unspecified atom stereocenters. The van der Waals surface area contributed by atoms with E-state index in [4.69, 9.17) is 0 Å². The summed E-state index contributed by atoms with van der Waals surface area (Å²) in [6, 6.07) is 0. The van der Waals surface area contributed by atoms with E-state index in [1.54, 1.807) is 0 Å². The summed E-state index contributed by atoms with van der Waals surface area (Å²) < 4.78 is 35.3. The van der Waals surface area contributed by atoms with Gasteiger partial charge in [-0.15, -0.1) is 0 Å². The van der Waals surface area contributed by atoms with Crippen molar-refractivity contribution in [3.63, 3.8) is 0 Å². The fourth-order valence-corrected chi connectivity index (χ4v) is 1.32. The summed E-state index contributed by atoms with van der Waals surface area (Å²) in [6.07, 6.45) is 4.36. The molecule has 0 aromatic heterocycles. The summed E-state index contributed by atoms with van der Waals surface area (Å²) in [6.45, 7) is 0. The molecule has 0 radical (unpaired) electrons. The predicted octanol–water partition coefficient (Wildman–Crippen LogP) is 2.26. The maximum atomic E-state index is 11.8. The highest BCUT2D eigenvalue weighted by molar-refractivity contribution is 6.67. The monoisotopic (exact) mass is 150 g/mol. The van der Waals surface area contributed by atoms with Gasteiger partial charge in [0.2, 0.25) is 0 Å². The van der Waals surface area contributed by atoms with Gasteiger partial charge in [-0.3, -0.25) is 0 Å². The number of hydrogen-bond acceptors (Lipinski definition) is 0. The molecule has 0 aliphatic heterocycles. The Morgan fingerprint density at radius 1 is 1.33 bits per heavy atom. The first-order valence-corrected chi connectivity index (χ1v) is 4.18. The van der Waals surface area contributed by atoms with Crippen molar-refractivity contribution >= 4 is 9.08 Å². The Morgan fingerprint density at radius 3 is 2.22 bits per heavy atom. The van der Waals surface area contributed by atoms with Gasteiger partial charge in [0.1, 0.15) is 0 Å². The van der Waals surface area contributed by atoms with E-state index in [9.17, 15) is 12.3 Å². The van der Waals surface area contributed by atoms with Crippen molar-refractivity contribution in [2.45, 2.75) is 6.42 Å². The van der Waals surface area contributed by atoms with Crippen LogP contribution in [0, 0.1) is 0 Å². The second-order valence-corrected chi connectivity index (χ2v) is 3.37. The number of allylic oxidation sites excluding steroid dienone is 4. The van der Waals surface area contributed by atoms with Gasteiger partial charge in [0.15, 0.2) is 0 Å². The zero-order chi connectivity index (χ0) is 6.91. The lowest BCUT2D eigenvalue weighted by atomic mass is 10.5. The van der Waals surface area contributed by atoms with Crippen molar-refractivity contribution in [3.05, 3.63) is 23.4 Å². The minimum atomic E-state index is -5.45. The van der Waals surface area contributed by atoms with Gasteiger partial charge in [0.05, 0.1) is 0 Å². The van der Waals surface area contributed by atoms with Crippen molar-refractivity contribution in [3.8, 4) is 0 Å². The molecule has 0 aromatic carbocycles. The third-order valence-electron chi connectivity index (χ3n) is 1.10. The van der Waals surface area contributed by atoms with Crippen LogP contribution >= 0.6 is 0 Å². The molecule has 50 valence electrons. The van der Waals surface area contributed by atoms with Crippen LogP contribution in [0.25, 0.3) is 0 Å². The van der Waals surface area contributed by atoms with E-state index in [0.29, 0.717) is 6.42 Å². The van der Waals surface area contributed by atoms with Crippen LogP contribution in [0.3, 0.4) is 0 Å². The van der Waals surface area contributed by atoms with Gasteiger partial charge < -0.3 is 0 Å². The van der Waals surface area contributed by atoms with Crippen molar-refractivity contribution in [2.75, 3.05) is 0 Å². The largest absolute Gasteiger partial charge is 0.652 e. The topological polar surface area (TPSA) is 0 Å². The third kappa shape index (κ3) is 1.45. The quantitative estimate of drug-likeness (QED) is 0.397. The van der Waals surface area contributed by atoms with Crippen LogP contribution in [0.15, 0.2) is 23.4 Å². The molecule has 0 N–H and O–H groups in total. The number of hydrogen-bond donors (Lipinski definition) is 0. The molecule has 0 bridgehead atoms. The first-order valence-electron chi connectivity index (χ1n) is 2.54. The summed E-state index contributed by atoms with van der Waals surface area (Å²) in [5, 5.41) is -0.387. The molecule has 9 heavy (non-hydrogen) atoms. The Labute approximate surface area is 52.2 Å². The first-order chi connectivity index (χ1) is 4.11. The molecule has 4 heteroatoms. The molecule has 1 rings (SSSR count). The minimum Gasteiger partial charge on any atom is -0.234 e. The zero-order valence-corrected chi connectivity index (χ0v) is 5.57. The zero-order valence-electron chi connectivity index (χ0n) is 4.57. The average Bonchev–Trinajstić information content (AvgIpc) is 2.08. The van der Waals surface area contributed by atoms with Gasteiger partial charge in [0.25, 0.3) is 0 Å². The number of halogens is 3. The molecule has 1 aliphatic carbocycles. The third-order valence-corrected chi connectivity index (χ3v) is 2.12. The van der Waals surface area contributed by atoms with Gasteiger partial charge in [0, 0.05) is 5.20 Å². The Morgan fingerprint density at radius 2 is 2.00 bits per heavy atom. The fourth-order valence-electron chi connectivity index (χ4n) is 0.668. The summed E-state index contributed by atoms with van der Waals surface area (Å²) >= 11 is 0. The van der Waals surface area contributed by atoms with E-state index in [1.165, 1.54) is 12.2 Å². The molecule has 0 amide bonds. The van der Waals surface area contributed by atoms with E-state index < -0.39 is 9.08 Å². The molecule has 0 fully saturated rings. The Kier molecular flexibility index (Phi) is 1.48. The van der Waals surface area contributed by atoms with Gasteiger partial charge >= 0.3 is 9.08 Å². The van der Waals surface area contributed by atoms with Crippen molar-refractivity contribution in [1.29, 1.82) is 0 Å². The lowest BCUT2D eigenvalue weighted by Gasteiger charge is -1.97. The van der Waals surface area contributed by atoms with Crippen molar-refractivity contribution in [1.82, 2.24) is 0 Å². The molecule has 0 spiro atoms. The van der Waals surface area contributed by atoms with Gasteiger partial charge in [-0.25, -0.2) is 12.3 Å². The van der Waals surface area contributed by atoms with Crippen LogP contribution in [-0.2, 0) is 0 Å². The average molecular weight is 150 g/mol. The summed E-state index contributed by atoms with van der Waals surface area (Å²) in [4.78, 5) is 0. The van der Waals surface area contributed by atoms with E-state index in [1.807, 2.05) is 0 Å². The van der Waals surface area contributed by atoms with Crippen LogP contribution < -0.4 is 0 Å². The molecule has 1 aliphatic rings. The summed E-state index contributed by atoms with van der Waals surface area (Å²) in [5.41, 5.74) is 0. The molecular formula is C5H5F3Si. The molecule has 0 heterocycles. The van der Waals surface area contributed by atoms with E-state index in [-0.39, 0.29) is 5.20 Å². The Bertz CT molecular complexity index is 166. The molecular weight excluding hydrogens is 145 g/mol. The lowest BCUT2D eigenvalue weighted by molar-refractivity contribution is 0.493. The smallest absolute Gasteiger partial charge is 0.234 e. The Hall–Kier alpha value is -0.513. The van der Waals surface area contributed by atoms with Crippen LogP contribution in [0.2, 0.25) is 0 Å². The highest BCUT2D eigenvalue weighted by Crippen LogP contribution is 2.24. The summed E-state index contributed by atoms with van der Waals surface area (Å²) in [5.74, 6) is 0. The van der Waals surface area contributed by atoms with Crippen LogP contribution in [0.4, 0.5) is 12.3 Å². The van der Waals surface area contributed by atoms with E-state index >= 15 is 0 Å². The summed E-state index contributed by atoms with van der Waals surface area (Å²) in [7, 11) is -5.45. The van der Waals surface area contributed by atoms with Gasteiger partial charge in [-0.2, -0.15) is 0 Å². The van der Waals surface area contributed by atoms with Crippen LogP contribution in [0.5, 0.6) is 0 Å². The van der Waals surface area contributed by atoms with E-state index in [2.05, 4.69) is 0 Å². The standard InChI is InChI=1S/C5H5F3Si/c6-9(7,8)5-3-1-2-4-5/h1,3-4H,2H2. The van der Waals surface area contributed by atoms with Gasteiger partial charge in [-0.05, 0) is 6.42 Å². The van der Waals surface area contributed by atoms with Crippen LogP contribution in [-0.4, -0.2) is 9.08 Å². The minimum absolute atomic E-state index is 0.387. The second-order valence-electron chi connectivity index (χ2n) is 1.80. The maximum absolute atomic E-state index is 11.8. The second kappa shape index (κ2) is 2.02. The molecule has 0 aromatic rings. The molecule has 0 saturated carbocycles. The molecule has 0 nitrogen and oxygen atoms in total. The lowest BCUT2D eigenvalue weighted by Crippen LogP contribution is -2.16. The van der Waals surface area contributed by atoms with Crippen LogP contribution in [0.1, 0.15) is 6.42 Å². The highest BCUT2D eigenvalue weighted by Gasteiger charge is 2.41.